The van der Waals surface area contributed by atoms with Crippen LogP contribution < -0.4 is 11.1 Å². The van der Waals surface area contributed by atoms with E-state index in [9.17, 15) is 4.79 Å². The van der Waals surface area contributed by atoms with Crippen molar-refractivity contribution in [2.75, 3.05) is 13.2 Å². The number of ether oxygens (including phenoxy) is 1. The standard InChI is InChI=1S/C21H23N3O2/c1-14-6-5-9-24-11-16(10-19(14)24)21(25)23-20(15-7-3-2-4-8-15)17-12-26-13-18(17)22/h2-11,17-18,20H,12-13,22H2,1H3,(H,23,25)/t17-,18-,20?/m1/s1. The fourth-order valence-corrected chi connectivity index (χ4v) is 3.66. The van der Waals surface area contributed by atoms with Crippen LogP contribution in [0.4, 0.5) is 0 Å². The lowest BCUT2D eigenvalue weighted by Crippen LogP contribution is -2.41. The van der Waals surface area contributed by atoms with Crippen molar-refractivity contribution in [1.29, 1.82) is 0 Å². The number of hydrogen-bond acceptors (Lipinski definition) is 3. The molecule has 134 valence electrons. The highest BCUT2D eigenvalue weighted by molar-refractivity contribution is 5.96. The first-order chi connectivity index (χ1) is 12.6. The molecule has 1 aromatic carbocycles. The van der Waals surface area contributed by atoms with Crippen LogP contribution in [0.2, 0.25) is 0 Å². The van der Waals surface area contributed by atoms with Crippen molar-refractivity contribution in [2.45, 2.75) is 19.0 Å². The maximum Gasteiger partial charge on any atom is 0.253 e. The van der Waals surface area contributed by atoms with Crippen LogP contribution in [0, 0.1) is 12.8 Å². The molecule has 26 heavy (non-hydrogen) atoms. The predicted molar refractivity (Wildman–Crippen MR) is 101 cm³/mol. The van der Waals surface area contributed by atoms with Gasteiger partial charge in [-0.1, -0.05) is 36.4 Å². The zero-order valence-electron chi connectivity index (χ0n) is 14.8. The molecule has 5 heteroatoms. The van der Waals surface area contributed by atoms with E-state index in [0.717, 1.165) is 16.6 Å². The van der Waals surface area contributed by atoms with E-state index in [0.29, 0.717) is 18.8 Å². The van der Waals surface area contributed by atoms with E-state index in [2.05, 4.69) is 5.32 Å². The Kier molecular flexibility index (Phi) is 4.49. The van der Waals surface area contributed by atoms with Crippen molar-refractivity contribution >= 4 is 11.4 Å². The van der Waals surface area contributed by atoms with Gasteiger partial charge in [-0.05, 0) is 30.2 Å². The minimum atomic E-state index is -0.176. The molecule has 3 aromatic rings. The van der Waals surface area contributed by atoms with Crippen LogP contribution in [0.1, 0.15) is 27.5 Å². The number of nitrogens with two attached hydrogens (primary N) is 1. The Bertz CT molecular complexity index is 919. The first kappa shape index (κ1) is 16.8. The van der Waals surface area contributed by atoms with Crippen molar-refractivity contribution in [1.82, 2.24) is 9.72 Å². The van der Waals surface area contributed by atoms with Crippen LogP contribution in [0.25, 0.3) is 5.52 Å². The summed E-state index contributed by atoms with van der Waals surface area (Å²) in [7, 11) is 0. The Labute approximate surface area is 152 Å². The Morgan fingerprint density at radius 3 is 2.73 bits per heavy atom. The number of aromatic nitrogens is 1. The lowest BCUT2D eigenvalue weighted by molar-refractivity contribution is 0.0915. The summed E-state index contributed by atoms with van der Waals surface area (Å²) in [6, 6.07) is 15.7. The zero-order chi connectivity index (χ0) is 18.1. The number of pyridine rings is 1. The number of hydrogen-bond donors (Lipinski definition) is 2. The third-order valence-corrected chi connectivity index (χ3v) is 5.15. The van der Waals surface area contributed by atoms with Crippen LogP contribution in [-0.4, -0.2) is 29.6 Å². The van der Waals surface area contributed by atoms with E-state index in [1.165, 1.54) is 0 Å². The number of carbonyl (C=O) groups excluding carboxylic acids is 1. The van der Waals surface area contributed by atoms with E-state index in [1.807, 2.05) is 72.2 Å². The van der Waals surface area contributed by atoms with Crippen molar-refractivity contribution < 1.29 is 9.53 Å². The molecular weight excluding hydrogens is 326 g/mol. The molecule has 0 radical (unpaired) electrons. The molecule has 3 N–H and O–H groups in total. The lowest BCUT2D eigenvalue weighted by Gasteiger charge is -2.27. The third kappa shape index (κ3) is 3.11. The molecule has 0 spiro atoms. The van der Waals surface area contributed by atoms with E-state index in [4.69, 9.17) is 10.5 Å². The number of carbonyl (C=O) groups is 1. The summed E-state index contributed by atoms with van der Waals surface area (Å²) >= 11 is 0. The van der Waals surface area contributed by atoms with Crippen LogP contribution in [-0.2, 0) is 4.74 Å². The maximum absolute atomic E-state index is 13.0. The van der Waals surface area contributed by atoms with E-state index < -0.39 is 0 Å². The van der Waals surface area contributed by atoms with Crippen LogP contribution in [0.15, 0.2) is 60.9 Å². The average Bonchev–Trinajstić information content (AvgIpc) is 3.27. The molecule has 0 bridgehead atoms. The number of fused-ring (bicyclic) bond motifs is 1. The summed E-state index contributed by atoms with van der Waals surface area (Å²) in [5, 5.41) is 3.19. The van der Waals surface area contributed by atoms with Crippen LogP contribution >= 0.6 is 0 Å². The summed E-state index contributed by atoms with van der Waals surface area (Å²) in [5.74, 6) is -0.0406. The first-order valence-electron chi connectivity index (χ1n) is 8.90. The van der Waals surface area contributed by atoms with Crippen molar-refractivity contribution in [3.05, 3.63) is 77.6 Å². The number of benzene rings is 1. The Morgan fingerprint density at radius 2 is 2.04 bits per heavy atom. The maximum atomic E-state index is 13.0. The molecule has 1 aliphatic rings. The SMILES string of the molecule is Cc1cccn2cc(C(=O)NC(c3ccccc3)[C@@H]3COC[C@H]3N)cc12. The Morgan fingerprint density at radius 1 is 1.23 bits per heavy atom. The molecule has 1 saturated heterocycles. The van der Waals surface area contributed by atoms with Gasteiger partial charge >= 0.3 is 0 Å². The van der Waals surface area contributed by atoms with Crippen LogP contribution in [0.5, 0.6) is 0 Å². The van der Waals surface area contributed by atoms with Gasteiger partial charge in [-0.25, -0.2) is 0 Å². The zero-order valence-corrected chi connectivity index (χ0v) is 14.8. The Balaban J connectivity index is 1.64. The summed E-state index contributed by atoms with van der Waals surface area (Å²) < 4.78 is 7.52. The first-order valence-corrected chi connectivity index (χ1v) is 8.90. The highest BCUT2D eigenvalue weighted by Crippen LogP contribution is 2.29. The van der Waals surface area contributed by atoms with Gasteiger partial charge in [0.25, 0.3) is 5.91 Å². The topological polar surface area (TPSA) is 68.8 Å². The molecule has 0 aliphatic carbocycles. The number of amides is 1. The average molecular weight is 349 g/mol. The molecule has 3 heterocycles. The number of aryl methyl sites for hydroxylation is 1. The molecule has 3 atom stereocenters. The van der Waals surface area contributed by atoms with Crippen molar-refractivity contribution in [3.8, 4) is 0 Å². The van der Waals surface area contributed by atoms with Gasteiger partial charge in [0.2, 0.25) is 0 Å². The quantitative estimate of drug-likeness (QED) is 0.761. The largest absolute Gasteiger partial charge is 0.379 e. The molecule has 1 fully saturated rings. The number of nitrogens with one attached hydrogen (secondary N) is 1. The molecule has 1 aliphatic heterocycles. The highest BCUT2D eigenvalue weighted by atomic mass is 16.5. The summed E-state index contributed by atoms with van der Waals surface area (Å²) in [6.07, 6.45) is 3.82. The van der Waals surface area contributed by atoms with Gasteiger partial charge in [0.15, 0.2) is 0 Å². The third-order valence-electron chi connectivity index (χ3n) is 5.15. The van der Waals surface area contributed by atoms with E-state index in [-0.39, 0.29) is 23.9 Å². The summed E-state index contributed by atoms with van der Waals surface area (Å²) in [6.45, 7) is 3.12. The molecule has 1 amide bonds. The van der Waals surface area contributed by atoms with Gasteiger partial charge in [0.1, 0.15) is 0 Å². The second-order valence-electron chi connectivity index (χ2n) is 6.94. The Hall–Kier alpha value is -2.63. The van der Waals surface area contributed by atoms with Crippen molar-refractivity contribution in [3.63, 3.8) is 0 Å². The van der Waals surface area contributed by atoms with Gasteiger partial charge in [-0.15, -0.1) is 0 Å². The van der Waals surface area contributed by atoms with Gasteiger partial charge in [-0.3, -0.25) is 4.79 Å². The fourth-order valence-electron chi connectivity index (χ4n) is 3.66. The summed E-state index contributed by atoms with van der Waals surface area (Å²) in [4.78, 5) is 13.0. The number of rotatable bonds is 4. The van der Waals surface area contributed by atoms with Gasteiger partial charge < -0.3 is 20.2 Å². The normalized spacial score (nSPS) is 21.0. The molecular formula is C21H23N3O2. The minimum absolute atomic E-state index is 0.0557. The predicted octanol–water partition coefficient (Wildman–Crippen LogP) is 2.69. The van der Waals surface area contributed by atoms with E-state index >= 15 is 0 Å². The molecule has 0 saturated carbocycles. The van der Waals surface area contributed by atoms with Gasteiger partial charge in [-0.2, -0.15) is 0 Å². The molecule has 1 unspecified atom stereocenters. The van der Waals surface area contributed by atoms with Crippen LogP contribution in [0.3, 0.4) is 0 Å². The van der Waals surface area contributed by atoms with Gasteiger partial charge in [0.05, 0.1) is 24.8 Å². The second-order valence-corrected chi connectivity index (χ2v) is 6.94. The van der Waals surface area contributed by atoms with E-state index in [1.54, 1.807) is 0 Å². The van der Waals surface area contributed by atoms with Gasteiger partial charge in [0, 0.05) is 29.9 Å². The molecule has 2 aromatic heterocycles. The molecule has 4 rings (SSSR count). The van der Waals surface area contributed by atoms with Crippen molar-refractivity contribution in [2.24, 2.45) is 11.7 Å². The summed E-state index contributed by atoms with van der Waals surface area (Å²) in [5.41, 5.74) is 10.1. The monoisotopic (exact) mass is 349 g/mol. The highest BCUT2D eigenvalue weighted by Gasteiger charge is 2.34. The fraction of sp³-hybridized carbons (Fsp3) is 0.286. The smallest absolute Gasteiger partial charge is 0.253 e. The molecule has 5 nitrogen and oxygen atoms in total. The lowest BCUT2D eigenvalue weighted by atomic mass is 9.89. The minimum Gasteiger partial charge on any atom is -0.379 e. The second kappa shape index (κ2) is 6.94. The number of nitrogens with zero attached hydrogens (tertiary/aromatic N) is 1.